The molecular weight excluding hydrogens is 606 g/mol. The molecule has 13 heteroatoms. The van der Waals surface area contributed by atoms with Gasteiger partial charge in [0.1, 0.15) is 17.7 Å². The molecule has 13 nitrogen and oxygen atoms in total. The molecular formula is C34H43N5O8. The van der Waals surface area contributed by atoms with Gasteiger partial charge in [-0.05, 0) is 72.6 Å². The summed E-state index contributed by atoms with van der Waals surface area (Å²) < 4.78 is 16.2. The zero-order chi connectivity index (χ0) is 34.7. The first-order chi connectivity index (χ1) is 22.1. The van der Waals surface area contributed by atoms with Crippen molar-refractivity contribution in [3.05, 3.63) is 45.2 Å². The number of methoxy groups -OCH3 is 2. The molecule has 0 saturated carbocycles. The standard InChI is InChI=1S/C34H43N5O8/c1-15-10-18-11-20-22(13-35)39-21(26(38(20)7)24(18)28(41)30(15)45-8)12-19-25(29(42)31(46-9)16(2)27(19)40)23(39)14-36-32(43)17(3)37-33(44)47-34(4,5)6/h10,17,20-23,26,41H,11-12,14H2,1-9H3,(H,36,43)(H,37,44)/t17-,20-,21?,22?,23-,26-/m0/s1. The van der Waals surface area contributed by atoms with Crippen molar-refractivity contribution >= 4 is 23.6 Å². The lowest BCUT2D eigenvalue weighted by molar-refractivity contribution is -0.125. The molecule has 0 aromatic heterocycles. The van der Waals surface area contributed by atoms with Gasteiger partial charge in [-0.25, -0.2) is 4.79 Å². The van der Waals surface area contributed by atoms with Crippen molar-refractivity contribution in [2.45, 2.75) is 96.2 Å². The van der Waals surface area contributed by atoms with Gasteiger partial charge >= 0.3 is 6.09 Å². The van der Waals surface area contributed by atoms with Crippen LogP contribution in [0.4, 0.5) is 4.79 Å². The third-order valence-corrected chi connectivity index (χ3v) is 9.66. The van der Waals surface area contributed by atoms with Crippen LogP contribution in [0.5, 0.6) is 11.5 Å². The van der Waals surface area contributed by atoms with Crippen LogP contribution in [0.1, 0.15) is 63.8 Å². The van der Waals surface area contributed by atoms with Gasteiger partial charge in [-0.2, -0.15) is 5.26 Å². The minimum atomic E-state index is -0.990. The van der Waals surface area contributed by atoms with Gasteiger partial charge < -0.3 is 30.0 Å². The highest BCUT2D eigenvalue weighted by Gasteiger charge is 2.58. The van der Waals surface area contributed by atoms with Crippen molar-refractivity contribution in [1.82, 2.24) is 20.4 Å². The molecule has 0 spiro atoms. The molecule has 3 heterocycles. The lowest BCUT2D eigenvalue weighted by Gasteiger charge is -2.60. The van der Waals surface area contributed by atoms with Crippen LogP contribution in [0.25, 0.3) is 0 Å². The smallest absolute Gasteiger partial charge is 0.408 e. The topological polar surface area (TPSA) is 171 Å². The van der Waals surface area contributed by atoms with E-state index in [9.17, 15) is 29.5 Å². The number of hydrogen-bond donors (Lipinski definition) is 3. The number of benzene rings is 1. The average Bonchev–Trinajstić information content (AvgIpc) is 2.98. The molecule has 2 bridgehead atoms. The summed E-state index contributed by atoms with van der Waals surface area (Å²) in [6.45, 7) is 9.90. The number of fused-ring (bicyclic) bond motifs is 6. The number of phenols is 1. The summed E-state index contributed by atoms with van der Waals surface area (Å²) in [6, 6.07) is 0.472. The predicted octanol–water partition coefficient (Wildman–Crippen LogP) is 2.35. The van der Waals surface area contributed by atoms with E-state index in [0.29, 0.717) is 23.3 Å². The van der Waals surface area contributed by atoms with Gasteiger partial charge in [0.25, 0.3) is 0 Å². The number of hydrogen-bond acceptors (Lipinski definition) is 11. The van der Waals surface area contributed by atoms with E-state index in [4.69, 9.17) is 14.2 Å². The summed E-state index contributed by atoms with van der Waals surface area (Å²) in [5.74, 6) is -1.08. The summed E-state index contributed by atoms with van der Waals surface area (Å²) in [6.07, 6.45) is -0.189. The molecule has 5 rings (SSSR count). The van der Waals surface area contributed by atoms with E-state index < -0.39 is 53.6 Å². The lowest BCUT2D eigenvalue weighted by atomic mass is 9.69. The number of carbonyl (C=O) groups is 4. The maximum absolute atomic E-state index is 14.0. The first kappa shape index (κ1) is 33.9. The predicted molar refractivity (Wildman–Crippen MR) is 169 cm³/mol. The number of nitriles is 1. The van der Waals surface area contributed by atoms with Gasteiger partial charge in [0, 0.05) is 40.9 Å². The fourth-order valence-electron chi connectivity index (χ4n) is 7.71. The molecule has 1 aliphatic carbocycles. The van der Waals surface area contributed by atoms with E-state index in [1.807, 2.05) is 24.9 Å². The number of carbonyl (C=O) groups excluding carboxylic acids is 4. The van der Waals surface area contributed by atoms with Gasteiger partial charge in [0.05, 0.1) is 32.4 Å². The summed E-state index contributed by atoms with van der Waals surface area (Å²) in [7, 11) is 4.72. The summed E-state index contributed by atoms with van der Waals surface area (Å²) in [5, 5.41) is 27.6. The molecule has 3 N–H and O–H groups in total. The number of ketones is 2. The van der Waals surface area contributed by atoms with E-state index in [2.05, 4.69) is 21.6 Å². The number of alkyl carbamates (subject to hydrolysis) is 1. The normalized spacial score (nSPS) is 26.4. The number of piperazine rings is 1. The molecule has 1 aromatic rings. The second-order valence-corrected chi connectivity index (χ2v) is 13.7. The zero-order valence-electron chi connectivity index (χ0n) is 28.3. The summed E-state index contributed by atoms with van der Waals surface area (Å²) in [4.78, 5) is 57.5. The molecule has 252 valence electrons. The van der Waals surface area contributed by atoms with Crippen LogP contribution in [0.3, 0.4) is 0 Å². The van der Waals surface area contributed by atoms with Crippen molar-refractivity contribution in [2.75, 3.05) is 27.8 Å². The number of nitrogens with one attached hydrogen (secondary N) is 2. The molecule has 3 aliphatic heterocycles. The number of allylic oxidation sites excluding steroid dienone is 2. The van der Waals surface area contributed by atoms with Crippen LogP contribution in [0.2, 0.25) is 0 Å². The highest BCUT2D eigenvalue weighted by Crippen LogP contribution is 2.53. The quantitative estimate of drug-likeness (QED) is 0.387. The Hall–Kier alpha value is -4.41. The number of rotatable bonds is 6. The Kier molecular flexibility index (Phi) is 8.89. The van der Waals surface area contributed by atoms with Crippen molar-refractivity contribution in [1.29, 1.82) is 5.26 Å². The van der Waals surface area contributed by atoms with E-state index in [1.165, 1.54) is 21.1 Å². The molecule has 0 radical (unpaired) electrons. The number of phenolic OH excluding ortho intramolecular Hbond substituents is 1. The molecule has 1 aromatic carbocycles. The van der Waals surface area contributed by atoms with Gasteiger partial charge in [0.15, 0.2) is 23.0 Å². The van der Waals surface area contributed by atoms with Crippen LogP contribution < -0.4 is 15.4 Å². The summed E-state index contributed by atoms with van der Waals surface area (Å²) in [5.41, 5.74) is 2.20. The summed E-state index contributed by atoms with van der Waals surface area (Å²) >= 11 is 0. The number of aryl methyl sites for hydroxylation is 1. The highest BCUT2D eigenvalue weighted by atomic mass is 16.6. The van der Waals surface area contributed by atoms with Gasteiger partial charge in [-0.3, -0.25) is 24.2 Å². The maximum Gasteiger partial charge on any atom is 0.408 e. The average molecular weight is 650 g/mol. The SMILES string of the molecule is COC1=C(C)C(=O)C2=C(C1=O)[C@H](CNC(=O)[C@H](C)NC(=O)OC(C)(C)C)N1C(C2)[C@H]2c3c(cc(C)c(OC)c3O)C[C@@H](C1C#N)N2C. The third kappa shape index (κ3) is 5.63. The Balaban J connectivity index is 1.59. The largest absolute Gasteiger partial charge is 0.504 e. The van der Waals surface area contributed by atoms with Crippen molar-refractivity contribution < 1.29 is 38.5 Å². The van der Waals surface area contributed by atoms with E-state index in [-0.39, 0.29) is 47.4 Å². The Morgan fingerprint density at radius 1 is 1.13 bits per heavy atom. The minimum Gasteiger partial charge on any atom is -0.504 e. The monoisotopic (exact) mass is 649 g/mol. The second-order valence-electron chi connectivity index (χ2n) is 13.7. The van der Waals surface area contributed by atoms with Crippen LogP contribution in [-0.4, -0.2) is 102 Å². The lowest BCUT2D eigenvalue weighted by Crippen LogP contribution is -2.71. The number of Topliss-reactive ketones (excluding diaryl/α,β-unsaturated/α-hetero) is 2. The van der Waals surface area contributed by atoms with Gasteiger partial charge in [-0.15, -0.1) is 0 Å². The Morgan fingerprint density at radius 2 is 1.81 bits per heavy atom. The van der Waals surface area contributed by atoms with E-state index in [1.54, 1.807) is 27.7 Å². The number of aromatic hydroxyl groups is 1. The maximum atomic E-state index is 14.0. The number of nitrogens with zero attached hydrogens (tertiary/aromatic N) is 3. The number of amides is 2. The molecule has 2 amide bonds. The fraction of sp³-hybridized carbons (Fsp3) is 0.559. The first-order valence-electron chi connectivity index (χ1n) is 15.7. The Bertz CT molecular complexity index is 1650. The van der Waals surface area contributed by atoms with Crippen LogP contribution in [0.15, 0.2) is 28.5 Å². The van der Waals surface area contributed by atoms with E-state index in [0.717, 1.165) is 11.1 Å². The molecule has 2 unspecified atom stereocenters. The zero-order valence-corrected chi connectivity index (χ0v) is 28.3. The Labute approximate surface area is 274 Å². The molecule has 6 atom stereocenters. The highest BCUT2D eigenvalue weighted by molar-refractivity contribution is 6.25. The van der Waals surface area contributed by atoms with Gasteiger partial charge in [0.2, 0.25) is 11.7 Å². The van der Waals surface area contributed by atoms with E-state index >= 15 is 0 Å². The van der Waals surface area contributed by atoms with Crippen LogP contribution in [0, 0.1) is 18.3 Å². The van der Waals surface area contributed by atoms with Crippen molar-refractivity contribution in [3.63, 3.8) is 0 Å². The van der Waals surface area contributed by atoms with Crippen molar-refractivity contribution in [3.8, 4) is 17.6 Å². The number of likely N-dealkylation sites (N-methyl/N-ethyl adjacent to an activating group) is 1. The minimum absolute atomic E-state index is 0.00335. The molecule has 1 saturated heterocycles. The second kappa shape index (κ2) is 12.3. The Morgan fingerprint density at radius 3 is 2.40 bits per heavy atom. The molecule has 1 fully saturated rings. The van der Waals surface area contributed by atoms with Crippen LogP contribution >= 0.6 is 0 Å². The number of ether oxygens (including phenoxy) is 3. The molecule has 4 aliphatic rings. The third-order valence-electron chi connectivity index (χ3n) is 9.66. The van der Waals surface area contributed by atoms with Crippen LogP contribution in [-0.2, 0) is 30.3 Å². The van der Waals surface area contributed by atoms with Crippen molar-refractivity contribution in [2.24, 2.45) is 0 Å². The molecule has 47 heavy (non-hydrogen) atoms. The fourth-order valence-corrected chi connectivity index (χ4v) is 7.71. The first-order valence-corrected chi connectivity index (χ1v) is 15.7. The van der Waals surface area contributed by atoms with Gasteiger partial charge in [-0.1, -0.05) is 6.07 Å².